The number of ketones is 1. The molecule has 0 saturated carbocycles. The molecule has 1 aromatic heterocycles. The van der Waals surface area contributed by atoms with Gasteiger partial charge in [-0.2, -0.15) is 0 Å². The highest BCUT2D eigenvalue weighted by atomic mass is 16.1. The van der Waals surface area contributed by atoms with Gasteiger partial charge in [-0.3, -0.25) is 9.69 Å². The van der Waals surface area contributed by atoms with Crippen molar-refractivity contribution >= 4 is 5.78 Å². The first-order valence-electron chi connectivity index (χ1n) is 5.89. The van der Waals surface area contributed by atoms with Gasteiger partial charge in [-0.1, -0.05) is 6.92 Å². The van der Waals surface area contributed by atoms with Crippen LogP contribution in [-0.2, 0) is 0 Å². The van der Waals surface area contributed by atoms with Crippen molar-refractivity contribution in [3.05, 3.63) is 23.0 Å². The number of aryl methyl sites for hydroxylation is 2. The number of H-pyrrole nitrogens is 1. The zero-order valence-corrected chi connectivity index (χ0v) is 10.9. The molecule has 3 heteroatoms. The van der Waals surface area contributed by atoms with E-state index in [1.165, 1.54) is 0 Å². The Morgan fingerprint density at radius 1 is 1.44 bits per heavy atom. The Balaban J connectivity index is 2.75. The smallest absolute Gasteiger partial charge is 0.178 e. The Hall–Kier alpha value is -1.09. The lowest BCUT2D eigenvalue weighted by atomic mass is 10.1. The van der Waals surface area contributed by atoms with E-state index in [0.717, 1.165) is 23.5 Å². The molecule has 0 aromatic carbocycles. The number of carbonyl (C=O) groups is 1. The standard InChI is InChI=1S/C13H22N2O/c1-6-15(9(2)3)8-13(16)12-7-10(4)14-11(12)5/h7,9,14H,6,8H2,1-5H3. The number of aromatic nitrogens is 1. The largest absolute Gasteiger partial charge is 0.362 e. The highest BCUT2D eigenvalue weighted by Crippen LogP contribution is 2.11. The lowest BCUT2D eigenvalue weighted by Gasteiger charge is -2.23. The van der Waals surface area contributed by atoms with E-state index < -0.39 is 0 Å². The van der Waals surface area contributed by atoms with Gasteiger partial charge in [-0.25, -0.2) is 0 Å². The SMILES string of the molecule is CCN(CC(=O)c1cc(C)[nH]c1C)C(C)C. The van der Waals surface area contributed by atoms with Gasteiger partial charge in [0, 0.05) is 23.0 Å². The molecule has 16 heavy (non-hydrogen) atoms. The van der Waals surface area contributed by atoms with Gasteiger partial charge in [-0.05, 0) is 40.3 Å². The Morgan fingerprint density at radius 2 is 2.06 bits per heavy atom. The number of likely N-dealkylation sites (N-methyl/N-ethyl adjacent to an activating group) is 1. The summed E-state index contributed by atoms with van der Waals surface area (Å²) in [5, 5.41) is 0. The number of Topliss-reactive ketones (excluding diaryl/α,β-unsaturated/α-hetero) is 1. The summed E-state index contributed by atoms with van der Waals surface area (Å²) in [6.07, 6.45) is 0. The van der Waals surface area contributed by atoms with E-state index >= 15 is 0 Å². The first-order valence-corrected chi connectivity index (χ1v) is 5.89. The lowest BCUT2D eigenvalue weighted by Crippen LogP contribution is -2.35. The molecule has 0 aliphatic rings. The monoisotopic (exact) mass is 222 g/mol. The highest BCUT2D eigenvalue weighted by molar-refractivity contribution is 5.98. The van der Waals surface area contributed by atoms with Crippen LogP contribution >= 0.6 is 0 Å². The maximum Gasteiger partial charge on any atom is 0.178 e. The van der Waals surface area contributed by atoms with Crippen molar-refractivity contribution in [1.29, 1.82) is 0 Å². The second-order valence-corrected chi connectivity index (χ2v) is 4.57. The molecule has 0 bridgehead atoms. The average Bonchev–Trinajstić information content (AvgIpc) is 2.53. The van der Waals surface area contributed by atoms with Gasteiger partial charge in [0.25, 0.3) is 0 Å². The Morgan fingerprint density at radius 3 is 2.44 bits per heavy atom. The molecule has 1 N–H and O–H groups in total. The number of carbonyl (C=O) groups excluding carboxylic acids is 1. The zero-order valence-electron chi connectivity index (χ0n) is 10.9. The number of rotatable bonds is 5. The minimum Gasteiger partial charge on any atom is -0.362 e. The van der Waals surface area contributed by atoms with E-state index in [4.69, 9.17) is 0 Å². The number of hydrogen-bond acceptors (Lipinski definition) is 2. The zero-order chi connectivity index (χ0) is 12.3. The van der Waals surface area contributed by atoms with Crippen molar-refractivity contribution in [2.45, 2.75) is 40.7 Å². The van der Waals surface area contributed by atoms with Gasteiger partial charge in [0.1, 0.15) is 0 Å². The normalized spacial score (nSPS) is 11.4. The van der Waals surface area contributed by atoms with Crippen molar-refractivity contribution in [1.82, 2.24) is 9.88 Å². The molecule has 0 saturated heterocycles. The van der Waals surface area contributed by atoms with Crippen molar-refractivity contribution < 1.29 is 4.79 Å². The molecular formula is C13H22N2O. The van der Waals surface area contributed by atoms with Crippen LogP contribution in [0.4, 0.5) is 0 Å². The molecular weight excluding hydrogens is 200 g/mol. The Bertz CT molecular complexity index is 366. The van der Waals surface area contributed by atoms with Gasteiger partial charge in [0.05, 0.1) is 6.54 Å². The summed E-state index contributed by atoms with van der Waals surface area (Å²) < 4.78 is 0. The molecule has 1 heterocycles. The molecule has 0 atom stereocenters. The van der Waals surface area contributed by atoms with Crippen LogP contribution in [-0.4, -0.2) is 34.8 Å². The Labute approximate surface area is 97.8 Å². The van der Waals surface area contributed by atoms with Gasteiger partial charge >= 0.3 is 0 Å². The third-order valence-electron chi connectivity index (χ3n) is 2.93. The minimum absolute atomic E-state index is 0.206. The predicted molar refractivity (Wildman–Crippen MR) is 67.0 cm³/mol. The van der Waals surface area contributed by atoms with E-state index in [9.17, 15) is 4.79 Å². The third kappa shape index (κ3) is 2.95. The van der Waals surface area contributed by atoms with Gasteiger partial charge in [-0.15, -0.1) is 0 Å². The number of aromatic amines is 1. The van der Waals surface area contributed by atoms with Crippen LogP contribution in [0.2, 0.25) is 0 Å². The van der Waals surface area contributed by atoms with E-state index in [2.05, 4.69) is 30.7 Å². The van der Waals surface area contributed by atoms with Gasteiger partial charge in [0.15, 0.2) is 5.78 Å². The quantitative estimate of drug-likeness (QED) is 0.777. The molecule has 1 aromatic rings. The molecule has 0 aliphatic heterocycles. The van der Waals surface area contributed by atoms with Crippen molar-refractivity contribution in [2.24, 2.45) is 0 Å². The van der Waals surface area contributed by atoms with E-state index in [1.807, 2.05) is 19.9 Å². The lowest BCUT2D eigenvalue weighted by molar-refractivity contribution is 0.0911. The fourth-order valence-corrected chi connectivity index (χ4v) is 1.94. The summed E-state index contributed by atoms with van der Waals surface area (Å²) in [4.78, 5) is 17.4. The number of nitrogens with one attached hydrogen (secondary N) is 1. The first-order chi connectivity index (χ1) is 7.45. The second kappa shape index (κ2) is 5.30. The van der Waals surface area contributed by atoms with Crippen LogP contribution in [0.5, 0.6) is 0 Å². The van der Waals surface area contributed by atoms with Crippen LogP contribution in [0.25, 0.3) is 0 Å². The predicted octanol–water partition coefficient (Wildman–Crippen LogP) is 2.54. The molecule has 0 amide bonds. The molecule has 1 rings (SSSR count). The molecule has 0 radical (unpaired) electrons. The van der Waals surface area contributed by atoms with E-state index in [1.54, 1.807) is 0 Å². The van der Waals surface area contributed by atoms with Crippen LogP contribution < -0.4 is 0 Å². The van der Waals surface area contributed by atoms with Gasteiger partial charge in [0.2, 0.25) is 0 Å². The van der Waals surface area contributed by atoms with Crippen LogP contribution in [0.1, 0.15) is 42.5 Å². The number of hydrogen-bond donors (Lipinski definition) is 1. The molecule has 0 unspecified atom stereocenters. The topological polar surface area (TPSA) is 36.1 Å². The van der Waals surface area contributed by atoms with Crippen molar-refractivity contribution in [3.63, 3.8) is 0 Å². The van der Waals surface area contributed by atoms with E-state index in [0.29, 0.717) is 12.6 Å². The summed E-state index contributed by atoms with van der Waals surface area (Å²) in [6, 6.07) is 2.35. The Kier molecular flexibility index (Phi) is 4.30. The molecule has 0 spiro atoms. The van der Waals surface area contributed by atoms with Crippen molar-refractivity contribution in [2.75, 3.05) is 13.1 Å². The summed E-state index contributed by atoms with van der Waals surface area (Å²) in [5.74, 6) is 0.206. The summed E-state index contributed by atoms with van der Waals surface area (Å²) in [7, 11) is 0. The third-order valence-corrected chi connectivity index (χ3v) is 2.93. The molecule has 3 nitrogen and oxygen atoms in total. The maximum absolute atomic E-state index is 12.1. The fourth-order valence-electron chi connectivity index (χ4n) is 1.94. The fraction of sp³-hybridized carbons (Fsp3) is 0.615. The molecule has 0 fully saturated rings. The number of nitrogens with zero attached hydrogens (tertiary/aromatic N) is 1. The van der Waals surface area contributed by atoms with Crippen LogP contribution in [0.3, 0.4) is 0 Å². The van der Waals surface area contributed by atoms with Crippen LogP contribution in [0.15, 0.2) is 6.07 Å². The highest BCUT2D eigenvalue weighted by Gasteiger charge is 2.16. The van der Waals surface area contributed by atoms with Gasteiger partial charge < -0.3 is 4.98 Å². The summed E-state index contributed by atoms with van der Waals surface area (Å²) in [5.41, 5.74) is 2.85. The summed E-state index contributed by atoms with van der Waals surface area (Å²) >= 11 is 0. The maximum atomic E-state index is 12.1. The molecule has 90 valence electrons. The average molecular weight is 222 g/mol. The molecule has 0 aliphatic carbocycles. The second-order valence-electron chi connectivity index (χ2n) is 4.57. The minimum atomic E-state index is 0.206. The van der Waals surface area contributed by atoms with Crippen molar-refractivity contribution in [3.8, 4) is 0 Å². The summed E-state index contributed by atoms with van der Waals surface area (Å²) in [6.45, 7) is 11.7. The van der Waals surface area contributed by atoms with E-state index in [-0.39, 0.29) is 5.78 Å². The first kappa shape index (κ1) is 13.0. The van der Waals surface area contributed by atoms with Crippen LogP contribution in [0, 0.1) is 13.8 Å².